The third kappa shape index (κ3) is 4.82. The molecule has 1 heterocycles. The normalized spacial score (nSPS) is 11.3. The molecule has 0 bridgehead atoms. The summed E-state index contributed by atoms with van der Waals surface area (Å²) in [4.78, 5) is 20.7. The lowest BCUT2D eigenvalue weighted by Crippen LogP contribution is -2.13. The van der Waals surface area contributed by atoms with Crippen LogP contribution in [0.5, 0.6) is 0 Å². The van der Waals surface area contributed by atoms with Gasteiger partial charge in [0.05, 0.1) is 16.4 Å². The smallest absolute Gasteiger partial charge is 0.273 e. The first-order chi connectivity index (χ1) is 16.3. The third-order valence-electron chi connectivity index (χ3n) is 5.49. The molecule has 0 aliphatic carbocycles. The summed E-state index contributed by atoms with van der Waals surface area (Å²) in [6.07, 6.45) is 2.90. The van der Waals surface area contributed by atoms with Crippen LogP contribution in [0, 0.1) is 0 Å². The Morgan fingerprint density at radius 1 is 0.912 bits per heavy atom. The van der Waals surface area contributed by atoms with Crippen molar-refractivity contribution in [1.82, 2.24) is 9.97 Å². The maximum Gasteiger partial charge on any atom is 0.273 e. The average molecular weight is 478 g/mol. The number of amides is 1. The first kappa shape index (κ1) is 23.5. The van der Waals surface area contributed by atoms with Gasteiger partial charge in [-0.25, -0.2) is 8.78 Å². The summed E-state index contributed by atoms with van der Waals surface area (Å²) in [5.74, 6) is -3.25. The first-order valence-corrected chi connectivity index (χ1v) is 11.1. The topological polar surface area (TPSA) is 54.9 Å². The lowest BCUT2D eigenvalue weighted by molar-refractivity contribution is -0.114. The Morgan fingerprint density at radius 3 is 2.21 bits per heavy atom. The van der Waals surface area contributed by atoms with Crippen molar-refractivity contribution in [2.75, 3.05) is 5.32 Å². The minimum atomic E-state index is -2.97. The number of hydrogen-bond acceptors (Lipinski definition) is 3. The highest BCUT2D eigenvalue weighted by molar-refractivity contribution is 6.33. The SMILES string of the molecule is CCC(F)(F)c1ccc(NC(C)=O)c(-c2ccc(-c3nccnc3-c3ccccc3Cl)cc2)c1. The van der Waals surface area contributed by atoms with E-state index in [2.05, 4.69) is 15.3 Å². The van der Waals surface area contributed by atoms with Crippen LogP contribution in [0.3, 0.4) is 0 Å². The molecule has 3 aromatic carbocycles. The van der Waals surface area contributed by atoms with Gasteiger partial charge in [-0.2, -0.15) is 0 Å². The molecule has 0 unspecified atom stereocenters. The zero-order valence-corrected chi connectivity index (χ0v) is 19.4. The number of anilines is 1. The number of hydrogen-bond donors (Lipinski definition) is 1. The quantitative estimate of drug-likeness (QED) is 0.311. The van der Waals surface area contributed by atoms with Crippen LogP contribution in [0.25, 0.3) is 33.6 Å². The van der Waals surface area contributed by atoms with Gasteiger partial charge in [-0.15, -0.1) is 0 Å². The van der Waals surface area contributed by atoms with Crippen molar-refractivity contribution in [3.05, 3.63) is 89.7 Å². The standard InChI is InChI=1S/C27H22ClF2N3O/c1-3-27(29,30)20-12-13-24(33-17(2)34)22(16-20)18-8-10-19(11-9-18)25-26(32-15-14-31-25)21-6-4-5-7-23(21)28/h4-16H,3H2,1-2H3,(H,33,34). The molecule has 0 aliphatic rings. The Bertz CT molecular complexity index is 1340. The summed E-state index contributed by atoms with van der Waals surface area (Å²) in [5.41, 5.74) is 4.41. The minimum absolute atomic E-state index is 0.0990. The molecule has 7 heteroatoms. The fourth-order valence-corrected chi connectivity index (χ4v) is 3.95. The minimum Gasteiger partial charge on any atom is -0.326 e. The zero-order chi connectivity index (χ0) is 24.3. The largest absolute Gasteiger partial charge is 0.326 e. The summed E-state index contributed by atoms with van der Waals surface area (Å²) in [7, 11) is 0. The van der Waals surface area contributed by atoms with Gasteiger partial charge in [0.25, 0.3) is 5.92 Å². The zero-order valence-electron chi connectivity index (χ0n) is 18.6. The van der Waals surface area contributed by atoms with Crippen molar-refractivity contribution in [2.24, 2.45) is 0 Å². The monoisotopic (exact) mass is 477 g/mol. The van der Waals surface area contributed by atoms with Gasteiger partial charge in [0, 0.05) is 53.7 Å². The lowest BCUT2D eigenvalue weighted by atomic mass is 9.95. The Balaban J connectivity index is 1.78. The molecule has 34 heavy (non-hydrogen) atoms. The summed E-state index contributed by atoms with van der Waals surface area (Å²) in [6, 6.07) is 19.0. The molecule has 1 amide bonds. The van der Waals surface area contributed by atoms with Crippen LogP contribution in [0.15, 0.2) is 79.1 Å². The van der Waals surface area contributed by atoms with E-state index >= 15 is 0 Å². The van der Waals surface area contributed by atoms with E-state index in [4.69, 9.17) is 11.6 Å². The molecule has 0 aliphatic heterocycles. The van der Waals surface area contributed by atoms with Crippen LogP contribution in [-0.2, 0) is 10.7 Å². The summed E-state index contributed by atoms with van der Waals surface area (Å²) in [5, 5.41) is 3.30. The molecule has 4 aromatic rings. The predicted molar refractivity (Wildman–Crippen MR) is 132 cm³/mol. The van der Waals surface area contributed by atoms with Gasteiger partial charge >= 0.3 is 0 Å². The number of nitrogens with zero attached hydrogens (tertiary/aromatic N) is 2. The molecule has 1 N–H and O–H groups in total. The number of alkyl halides is 2. The van der Waals surface area contributed by atoms with Gasteiger partial charge in [0.15, 0.2) is 0 Å². The number of aromatic nitrogens is 2. The Hall–Kier alpha value is -3.64. The number of benzene rings is 3. The molecule has 0 spiro atoms. The number of halogens is 3. The molecule has 0 saturated carbocycles. The van der Waals surface area contributed by atoms with E-state index in [1.807, 2.05) is 42.5 Å². The molecule has 4 nitrogen and oxygen atoms in total. The van der Waals surface area contributed by atoms with Crippen LogP contribution in [-0.4, -0.2) is 15.9 Å². The highest BCUT2D eigenvalue weighted by Crippen LogP contribution is 2.38. The van der Waals surface area contributed by atoms with Crippen LogP contribution in [0.4, 0.5) is 14.5 Å². The van der Waals surface area contributed by atoms with Gasteiger partial charge < -0.3 is 5.32 Å². The summed E-state index contributed by atoms with van der Waals surface area (Å²) in [6.45, 7) is 2.82. The third-order valence-corrected chi connectivity index (χ3v) is 5.82. The molecular formula is C27H22ClF2N3O. The van der Waals surface area contributed by atoms with E-state index in [9.17, 15) is 13.6 Å². The van der Waals surface area contributed by atoms with E-state index in [0.717, 1.165) is 11.1 Å². The Kier molecular flexibility index (Phi) is 6.70. The van der Waals surface area contributed by atoms with Crippen LogP contribution >= 0.6 is 11.6 Å². The number of carbonyl (C=O) groups excluding carboxylic acids is 1. The Labute approximate surface area is 201 Å². The van der Waals surface area contributed by atoms with Gasteiger partial charge in [-0.3, -0.25) is 14.8 Å². The summed E-state index contributed by atoms with van der Waals surface area (Å²) < 4.78 is 28.8. The number of carbonyl (C=O) groups is 1. The van der Waals surface area contributed by atoms with Gasteiger partial charge in [-0.1, -0.05) is 67.1 Å². The van der Waals surface area contributed by atoms with E-state index < -0.39 is 5.92 Å². The van der Waals surface area contributed by atoms with Crippen molar-refractivity contribution < 1.29 is 13.6 Å². The van der Waals surface area contributed by atoms with Gasteiger partial charge in [0.1, 0.15) is 0 Å². The molecule has 172 valence electrons. The molecule has 4 rings (SSSR count). The fraction of sp³-hybridized carbons (Fsp3) is 0.148. The lowest BCUT2D eigenvalue weighted by Gasteiger charge is -2.18. The fourth-order valence-electron chi connectivity index (χ4n) is 3.72. The molecule has 0 atom stereocenters. The average Bonchev–Trinajstić information content (AvgIpc) is 2.84. The van der Waals surface area contributed by atoms with E-state index in [1.54, 1.807) is 18.5 Å². The van der Waals surface area contributed by atoms with Crippen molar-refractivity contribution in [3.63, 3.8) is 0 Å². The van der Waals surface area contributed by atoms with Crippen molar-refractivity contribution in [3.8, 4) is 33.6 Å². The van der Waals surface area contributed by atoms with Gasteiger partial charge in [-0.05, 0) is 23.8 Å². The van der Waals surface area contributed by atoms with E-state index in [-0.39, 0.29) is 17.9 Å². The Morgan fingerprint density at radius 2 is 1.56 bits per heavy atom. The highest BCUT2D eigenvalue weighted by Gasteiger charge is 2.29. The van der Waals surface area contributed by atoms with Crippen LogP contribution in [0.2, 0.25) is 5.02 Å². The predicted octanol–water partition coefficient (Wildman–Crippen LogP) is 7.59. The van der Waals surface area contributed by atoms with E-state index in [0.29, 0.717) is 33.2 Å². The molecule has 1 aromatic heterocycles. The maximum absolute atomic E-state index is 14.4. The molecule has 0 radical (unpaired) electrons. The number of rotatable bonds is 6. The number of nitrogens with one attached hydrogen (secondary N) is 1. The molecule has 0 fully saturated rings. The second-order valence-electron chi connectivity index (χ2n) is 7.81. The van der Waals surface area contributed by atoms with E-state index in [1.165, 1.54) is 32.0 Å². The second-order valence-corrected chi connectivity index (χ2v) is 8.22. The maximum atomic E-state index is 14.4. The second kappa shape index (κ2) is 9.69. The van der Waals surface area contributed by atoms with Crippen LogP contribution in [0.1, 0.15) is 25.8 Å². The van der Waals surface area contributed by atoms with Crippen LogP contribution < -0.4 is 5.32 Å². The highest BCUT2D eigenvalue weighted by atomic mass is 35.5. The first-order valence-electron chi connectivity index (χ1n) is 10.8. The summed E-state index contributed by atoms with van der Waals surface area (Å²) >= 11 is 6.38. The molecular weight excluding hydrogens is 456 g/mol. The van der Waals surface area contributed by atoms with Gasteiger partial charge in [0.2, 0.25) is 5.91 Å². The van der Waals surface area contributed by atoms with Crippen molar-refractivity contribution in [1.29, 1.82) is 0 Å². The molecule has 0 saturated heterocycles. The van der Waals surface area contributed by atoms with Crippen molar-refractivity contribution in [2.45, 2.75) is 26.2 Å². The van der Waals surface area contributed by atoms with Crippen molar-refractivity contribution >= 4 is 23.2 Å².